The quantitative estimate of drug-likeness (QED) is 0.588. The van der Waals surface area contributed by atoms with Crippen molar-refractivity contribution in [3.63, 3.8) is 0 Å². The second-order valence-electron chi connectivity index (χ2n) is 6.41. The Hall–Kier alpha value is -2.47. The number of hydrogen-bond acceptors (Lipinski definition) is 5. The van der Waals surface area contributed by atoms with Gasteiger partial charge in [0, 0.05) is 12.1 Å². The van der Waals surface area contributed by atoms with Gasteiger partial charge in [-0.3, -0.25) is 9.69 Å². The molecular weight excluding hydrogens is 356 g/mol. The molecule has 0 saturated heterocycles. The molecule has 1 aromatic carbocycles. The van der Waals surface area contributed by atoms with Gasteiger partial charge in [0.25, 0.3) is 5.91 Å². The molecule has 6 heteroatoms. The van der Waals surface area contributed by atoms with Crippen molar-refractivity contribution >= 4 is 5.91 Å². The lowest BCUT2D eigenvalue weighted by Crippen LogP contribution is -2.37. The lowest BCUT2D eigenvalue weighted by atomic mass is 10.1. The maximum absolute atomic E-state index is 12.7. The number of carbonyl (C=O) groups is 1. The van der Waals surface area contributed by atoms with Gasteiger partial charge in [0.1, 0.15) is 5.76 Å². The number of nitrogens with zero attached hydrogens (tertiary/aromatic N) is 1. The van der Waals surface area contributed by atoms with Crippen LogP contribution in [0.1, 0.15) is 56.3 Å². The molecule has 0 spiro atoms. The fourth-order valence-corrected chi connectivity index (χ4v) is 3.10. The maximum atomic E-state index is 12.7. The molecule has 2 rings (SSSR count). The predicted octanol–water partition coefficient (Wildman–Crippen LogP) is 4.28. The number of furan rings is 1. The van der Waals surface area contributed by atoms with Crippen molar-refractivity contribution in [2.24, 2.45) is 0 Å². The number of benzene rings is 1. The Bertz CT molecular complexity index is 711. The third-order valence-electron chi connectivity index (χ3n) is 4.55. The summed E-state index contributed by atoms with van der Waals surface area (Å²) in [5.41, 5.74) is 0.546. The molecule has 0 bridgehead atoms. The van der Waals surface area contributed by atoms with Crippen molar-refractivity contribution in [2.45, 2.75) is 40.2 Å². The molecule has 1 N–H and O–H groups in total. The molecule has 154 valence electrons. The smallest absolute Gasteiger partial charge is 0.251 e. The fraction of sp³-hybridized carbons (Fsp3) is 0.500. The molecule has 0 aliphatic carbocycles. The van der Waals surface area contributed by atoms with E-state index in [-0.39, 0.29) is 11.9 Å². The van der Waals surface area contributed by atoms with E-state index >= 15 is 0 Å². The van der Waals surface area contributed by atoms with Crippen molar-refractivity contribution in [2.75, 3.05) is 32.8 Å². The van der Waals surface area contributed by atoms with Crippen molar-refractivity contribution in [1.82, 2.24) is 10.2 Å². The van der Waals surface area contributed by atoms with E-state index < -0.39 is 0 Å². The first-order valence-electron chi connectivity index (χ1n) is 10.1. The topological polar surface area (TPSA) is 63.9 Å². The third-order valence-corrected chi connectivity index (χ3v) is 4.55. The van der Waals surface area contributed by atoms with E-state index in [4.69, 9.17) is 13.9 Å². The lowest BCUT2D eigenvalue weighted by Gasteiger charge is -2.28. The Morgan fingerprint density at radius 1 is 1.11 bits per heavy atom. The maximum Gasteiger partial charge on any atom is 0.251 e. The van der Waals surface area contributed by atoms with E-state index in [9.17, 15) is 4.79 Å². The normalized spacial score (nSPS) is 12.0. The Balaban J connectivity index is 2.11. The molecule has 6 nitrogen and oxygen atoms in total. The summed E-state index contributed by atoms with van der Waals surface area (Å²) in [6.07, 6.45) is 2.57. The van der Waals surface area contributed by atoms with Crippen LogP contribution >= 0.6 is 0 Å². The summed E-state index contributed by atoms with van der Waals surface area (Å²) in [6.45, 7) is 11.5. The first-order valence-corrected chi connectivity index (χ1v) is 10.1. The van der Waals surface area contributed by atoms with Crippen LogP contribution in [0.3, 0.4) is 0 Å². The molecule has 0 radical (unpaired) electrons. The standard InChI is InChI=1S/C22H32N2O4/c1-5-13-27-20-12-11-17(15-21(20)26-8-4)22(25)23-16-18(24(6-2)7-3)19-10-9-14-28-19/h9-12,14-15,18H,5-8,13,16H2,1-4H3,(H,23,25). The number of hydrogen-bond donors (Lipinski definition) is 1. The molecule has 1 unspecified atom stereocenters. The van der Waals surface area contributed by atoms with Gasteiger partial charge in [-0.25, -0.2) is 0 Å². The number of nitrogens with one attached hydrogen (secondary N) is 1. The van der Waals surface area contributed by atoms with E-state index in [1.165, 1.54) is 0 Å². The van der Waals surface area contributed by atoms with E-state index in [1.54, 1.807) is 24.5 Å². The molecule has 0 aliphatic heterocycles. The molecule has 2 aromatic rings. The van der Waals surface area contributed by atoms with Crippen molar-refractivity contribution < 1.29 is 18.7 Å². The summed E-state index contributed by atoms with van der Waals surface area (Å²) >= 11 is 0. The molecule has 0 fully saturated rings. The molecule has 0 saturated carbocycles. The highest BCUT2D eigenvalue weighted by molar-refractivity contribution is 5.94. The van der Waals surface area contributed by atoms with Gasteiger partial charge in [-0.2, -0.15) is 0 Å². The van der Waals surface area contributed by atoms with Crippen molar-refractivity contribution in [1.29, 1.82) is 0 Å². The van der Waals surface area contributed by atoms with E-state index in [1.807, 2.05) is 26.0 Å². The van der Waals surface area contributed by atoms with Gasteiger partial charge in [-0.15, -0.1) is 0 Å². The van der Waals surface area contributed by atoms with Crippen LogP contribution in [0, 0.1) is 0 Å². The summed E-state index contributed by atoms with van der Waals surface area (Å²) < 4.78 is 17.0. The second-order valence-corrected chi connectivity index (χ2v) is 6.41. The van der Waals surface area contributed by atoms with Crippen LogP contribution < -0.4 is 14.8 Å². The number of rotatable bonds is 12. The number of ether oxygens (including phenoxy) is 2. The van der Waals surface area contributed by atoms with Crippen LogP contribution in [0.15, 0.2) is 41.0 Å². The van der Waals surface area contributed by atoms with Gasteiger partial charge in [-0.05, 0) is 56.8 Å². The van der Waals surface area contributed by atoms with Gasteiger partial charge < -0.3 is 19.2 Å². The Morgan fingerprint density at radius 2 is 1.89 bits per heavy atom. The number of amides is 1. The van der Waals surface area contributed by atoms with Crippen LogP contribution in [0.25, 0.3) is 0 Å². The largest absolute Gasteiger partial charge is 0.490 e. The number of likely N-dealkylation sites (N-methyl/N-ethyl adjacent to an activating group) is 1. The Morgan fingerprint density at radius 3 is 2.50 bits per heavy atom. The van der Waals surface area contributed by atoms with Crippen LogP contribution in [-0.4, -0.2) is 43.7 Å². The molecule has 1 heterocycles. The molecule has 1 amide bonds. The van der Waals surface area contributed by atoms with Crippen LogP contribution in [0.5, 0.6) is 11.5 Å². The van der Waals surface area contributed by atoms with E-state index in [0.29, 0.717) is 36.8 Å². The van der Waals surface area contributed by atoms with Gasteiger partial charge >= 0.3 is 0 Å². The molecule has 1 aromatic heterocycles. The van der Waals surface area contributed by atoms with E-state index in [0.717, 1.165) is 25.3 Å². The van der Waals surface area contributed by atoms with Crippen LogP contribution in [0.4, 0.5) is 0 Å². The number of carbonyl (C=O) groups excluding carboxylic acids is 1. The van der Waals surface area contributed by atoms with Gasteiger partial charge in [0.05, 0.1) is 25.5 Å². The molecule has 0 aliphatic rings. The van der Waals surface area contributed by atoms with Crippen molar-refractivity contribution in [3.8, 4) is 11.5 Å². The summed E-state index contributed by atoms with van der Waals surface area (Å²) in [6, 6.07) is 9.11. The minimum absolute atomic E-state index is 0.00697. The van der Waals surface area contributed by atoms with Gasteiger partial charge in [0.15, 0.2) is 11.5 Å². The van der Waals surface area contributed by atoms with Gasteiger partial charge in [0.2, 0.25) is 0 Å². The van der Waals surface area contributed by atoms with E-state index in [2.05, 4.69) is 24.1 Å². The van der Waals surface area contributed by atoms with Crippen LogP contribution in [0.2, 0.25) is 0 Å². The molecule has 28 heavy (non-hydrogen) atoms. The summed E-state index contributed by atoms with van der Waals surface area (Å²) in [7, 11) is 0. The molecule has 1 atom stereocenters. The minimum atomic E-state index is -0.147. The highest BCUT2D eigenvalue weighted by Gasteiger charge is 2.22. The Labute approximate surface area is 167 Å². The zero-order chi connectivity index (χ0) is 20.4. The highest BCUT2D eigenvalue weighted by atomic mass is 16.5. The Kier molecular flexibility index (Phi) is 8.88. The minimum Gasteiger partial charge on any atom is -0.490 e. The highest BCUT2D eigenvalue weighted by Crippen LogP contribution is 2.29. The van der Waals surface area contributed by atoms with Gasteiger partial charge in [-0.1, -0.05) is 20.8 Å². The van der Waals surface area contributed by atoms with Crippen molar-refractivity contribution in [3.05, 3.63) is 47.9 Å². The zero-order valence-electron chi connectivity index (χ0n) is 17.4. The third kappa shape index (κ3) is 5.76. The summed E-state index contributed by atoms with van der Waals surface area (Å²) in [5, 5.41) is 3.03. The summed E-state index contributed by atoms with van der Waals surface area (Å²) in [4.78, 5) is 15.0. The SMILES string of the molecule is CCCOc1ccc(C(=O)NCC(c2ccco2)N(CC)CC)cc1OCC. The monoisotopic (exact) mass is 388 g/mol. The summed E-state index contributed by atoms with van der Waals surface area (Å²) in [5.74, 6) is 1.96. The zero-order valence-corrected chi connectivity index (χ0v) is 17.4. The molecular formula is C22H32N2O4. The fourth-order valence-electron chi connectivity index (χ4n) is 3.10. The first kappa shape index (κ1) is 21.8. The average molecular weight is 389 g/mol. The average Bonchev–Trinajstić information content (AvgIpc) is 3.24. The first-order chi connectivity index (χ1) is 13.6. The predicted molar refractivity (Wildman–Crippen MR) is 110 cm³/mol. The lowest BCUT2D eigenvalue weighted by molar-refractivity contribution is 0.0929. The second kappa shape index (κ2) is 11.4. The van der Waals surface area contributed by atoms with Crippen LogP contribution in [-0.2, 0) is 0 Å².